The van der Waals surface area contributed by atoms with E-state index in [9.17, 15) is 4.79 Å². The Morgan fingerprint density at radius 1 is 1.45 bits per heavy atom. The number of benzene rings is 1. The van der Waals surface area contributed by atoms with Crippen LogP contribution in [0.5, 0.6) is 5.75 Å². The summed E-state index contributed by atoms with van der Waals surface area (Å²) in [6.07, 6.45) is 0. The second kappa shape index (κ2) is 6.76. The highest BCUT2D eigenvalue weighted by Gasteiger charge is 2.08. The first-order valence-corrected chi connectivity index (χ1v) is 7.68. The third kappa shape index (κ3) is 4.25. The Balaban J connectivity index is 2.02. The molecule has 1 atom stereocenters. The SMILES string of the molecule is CC(Nc1cccc(OCC(N)=O)c1)c1ccc(Br)s1. The van der Waals surface area contributed by atoms with Crippen molar-refractivity contribution < 1.29 is 9.53 Å². The summed E-state index contributed by atoms with van der Waals surface area (Å²) in [5, 5.41) is 3.39. The molecule has 1 aromatic heterocycles. The van der Waals surface area contributed by atoms with E-state index in [-0.39, 0.29) is 12.6 Å². The van der Waals surface area contributed by atoms with Crippen molar-refractivity contribution in [2.45, 2.75) is 13.0 Å². The minimum atomic E-state index is -0.486. The summed E-state index contributed by atoms with van der Waals surface area (Å²) in [6.45, 7) is 1.98. The van der Waals surface area contributed by atoms with Gasteiger partial charge in [0.1, 0.15) is 5.75 Å². The molecule has 1 unspecified atom stereocenters. The van der Waals surface area contributed by atoms with Crippen molar-refractivity contribution in [3.05, 3.63) is 45.1 Å². The quantitative estimate of drug-likeness (QED) is 0.833. The molecule has 0 spiro atoms. The molecule has 0 aliphatic rings. The molecular formula is C14H15BrN2O2S. The zero-order chi connectivity index (χ0) is 14.5. The average Bonchev–Trinajstić information content (AvgIpc) is 2.84. The van der Waals surface area contributed by atoms with Crippen molar-refractivity contribution in [3.63, 3.8) is 0 Å². The van der Waals surface area contributed by atoms with E-state index >= 15 is 0 Å². The van der Waals surface area contributed by atoms with E-state index in [0.29, 0.717) is 5.75 Å². The van der Waals surface area contributed by atoms with Crippen molar-refractivity contribution in [1.82, 2.24) is 0 Å². The number of hydrogen-bond donors (Lipinski definition) is 2. The van der Waals surface area contributed by atoms with Crippen LogP contribution < -0.4 is 15.8 Å². The van der Waals surface area contributed by atoms with Gasteiger partial charge in [-0.3, -0.25) is 4.79 Å². The van der Waals surface area contributed by atoms with Gasteiger partial charge in [0.15, 0.2) is 6.61 Å². The second-order valence-electron chi connectivity index (χ2n) is 4.29. The van der Waals surface area contributed by atoms with Crippen LogP contribution in [0.15, 0.2) is 40.2 Å². The molecule has 0 saturated heterocycles. The van der Waals surface area contributed by atoms with E-state index in [1.165, 1.54) is 4.88 Å². The highest BCUT2D eigenvalue weighted by atomic mass is 79.9. The smallest absolute Gasteiger partial charge is 0.255 e. The molecule has 6 heteroatoms. The first-order valence-electron chi connectivity index (χ1n) is 6.07. The zero-order valence-corrected chi connectivity index (χ0v) is 13.3. The monoisotopic (exact) mass is 354 g/mol. The molecule has 20 heavy (non-hydrogen) atoms. The number of carbonyl (C=O) groups excluding carboxylic acids is 1. The van der Waals surface area contributed by atoms with Gasteiger partial charge in [0.05, 0.1) is 9.83 Å². The Morgan fingerprint density at radius 3 is 2.90 bits per heavy atom. The largest absolute Gasteiger partial charge is 0.484 e. The second-order valence-corrected chi connectivity index (χ2v) is 6.79. The fraction of sp³-hybridized carbons (Fsp3) is 0.214. The molecule has 0 fully saturated rings. The predicted octanol–water partition coefficient (Wildman–Crippen LogP) is 3.55. The number of nitrogens with one attached hydrogen (secondary N) is 1. The van der Waals surface area contributed by atoms with E-state index < -0.39 is 5.91 Å². The van der Waals surface area contributed by atoms with Crippen LogP contribution in [0.1, 0.15) is 17.8 Å². The molecule has 1 amide bonds. The van der Waals surface area contributed by atoms with Crippen LogP contribution in [-0.4, -0.2) is 12.5 Å². The van der Waals surface area contributed by atoms with Gasteiger partial charge >= 0.3 is 0 Å². The third-order valence-corrected chi connectivity index (χ3v) is 4.43. The molecule has 0 saturated carbocycles. The number of hydrogen-bond acceptors (Lipinski definition) is 4. The van der Waals surface area contributed by atoms with Gasteiger partial charge in [-0.05, 0) is 47.1 Å². The maximum absolute atomic E-state index is 10.7. The fourth-order valence-electron chi connectivity index (χ4n) is 1.71. The van der Waals surface area contributed by atoms with Crippen LogP contribution in [0.4, 0.5) is 5.69 Å². The molecule has 0 aliphatic heterocycles. The molecule has 0 bridgehead atoms. The molecule has 4 nitrogen and oxygen atoms in total. The summed E-state index contributed by atoms with van der Waals surface area (Å²) < 4.78 is 6.39. The van der Waals surface area contributed by atoms with Gasteiger partial charge in [0.2, 0.25) is 0 Å². The van der Waals surface area contributed by atoms with Gasteiger partial charge in [-0.15, -0.1) is 11.3 Å². The minimum Gasteiger partial charge on any atom is -0.484 e. The molecule has 2 aromatic rings. The lowest BCUT2D eigenvalue weighted by Crippen LogP contribution is -2.20. The summed E-state index contributed by atoms with van der Waals surface area (Å²) in [4.78, 5) is 11.9. The van der Waals surface area contributed by atoms with Crippen LogP contribution in [0.3, 0.4) is 0 Å². The fourth-order valence-corrected chi connectivity index (χ4v) is 3.14. The highest BCUT2D eigenvalue weighted by Crippen LogP contribution is 2.30. The topological polar surface area (TPSA) is 64.3 Å². The maximum Gasteiger partial charge on any atom is 0.255 e. The summed E-state index contributed by atoms with van der Waals surface area (Å²) in [5.74, 6) is 0.133. The highest BCUT2D eigenvalue weighted by molar-refractivity contribution is 9.11. The number of carbonyl (C=O) groups is 1. The van der Waals surface area contributed by atoms with E-state index in [1.54, 1.807) is 17.4 Å². The van der Waals surface area contributed by atoms with E-state index in [1.807, 2.05) is 24.3 Å². The Labute approximate surface area is 130 Å². The van der Waals surface area contributed by atoms with Crippen molar-refractivity contribution in [2.75, 3.05) is 11.9 Å². The standard InChI is InChI=1S/C14H15BrN2O2S/c1-9(12-5-6-13(15)20-12)17-10-3-2-4-11(7-10)19-8-14(16)18/h2-7,9,17H,8H2,1H3,(H2,16,18). The molecule has 2 rings (SSSR count). The first-order chi connectivity index (χ1) is 9.54. The van der Waals surface area contributed by atoms with Gasteiger partial charge < -0.3 is 15.8 Å². The molecule has 1 aromatic carbocycles. The lowest BCUT2D eigenvalue weighted by Gasteiger charge is -2.14. The van der Waals surface area contributed by atoms with Crippen LogP contribution in [-0.2, 0) is 4.79 Å². The predicted molar refractivity (Wildman–Crippen MR) is 85.2 cm³/mol. The van der Waals surface area contributed by atoms with E-state index in [4.69, 9.17) is 10.5 Å². The third-order valence-electron chi connectivity index (χ3n) is 2.62. The summed E-state index contributed by atoms with van der Waals surface area (Å²) in [7, 11) is 0. The Hall–Kier alpha value is -1.53. The van der Waals surface area contributed by atoms with Gasteiger partial charge in [-0.25, -0.2) is 0 Å². The van der Waals surface area contributed by atoms with Crippen molar-refractivity contribution >= 4 is 38.9 Å². The van der Waals surface area contributed by atoms with Gasteiger partial charge in [-0.1, -0.05) is 6.07 Å². The molecular weight excluding hydrogens is 340 g/mol. The van der Waals surface area contributed by atoms with Gasteiger partial charge in [0, 0.05) is 16.6 Å². The molecule has 0 aliphatic carbocycles. The average molecular weight is 355 g/mol. The maximum atomic E-state index is 10.7. The molecule has 0 radical (unpaired) electrons. The van der Waals surface area contributed by atoms with Crippen LogP contribution in [0, 0.1) is 0 Å². The normalized spacial score (nSPS) is 11.9. The van der Waals surface area contributed by atoms with E-state index in [0.717, 1.165) is 9.47 Å². The zero-order valence-electron chi connectivity index (χ0n) is 10.9. The van der Waals surface area contributed by atoms with Crippen molar-refractivity contribution in [1.29, 1.82) is 0 Å². The lowest BCUT2D eigenvalue weighted by atomic mass is 10.2. The van der Waals surface area contributed by atoms with Gasteiger partial charge in [0.25, 0.3) is 5.91 Å². The summed E-state index contributed by atoms with van der Waals surface area (Å²) in [5.41, 5.74) is 5.99. The number of anilines is 1. The lowest BCUT2D eigenvalue weighted by molar-refractivity contribution is -0.119. The molecule has 3 N–H and O–H groups in total. The minimum absolute atomic E-state index is 0.114. The van der Waals surface area contributed by atoms with Crippen LogP contribution in [0.25, 0.3) is 0 Å². The van der Waals surface area contributed by atoms with Crippen LogP contribution >= 0.6 is 27.3 Å². The number of rotatable bonds is 6. The van der Waals surface area contributed by atoms with Gasteiger partial charge in [-0.2, -0.15) is 0 Å². The van der Waals surface area contributed by atoms with Crippen molar-refractivity contribution in [2.24, 2.45) is 5.73 Å². The number of amides is 1. The first kappa shape index (κ1) is 14.9. The van der Waals surface area contributed by atoms with E-state index in [2.05, 4.69) is 34.2 Å². The molecule has 1 heterocycles. The number of ether oxygens (including phenoxy) is 1. The number of thiophene rings is 1. The summed E-state index contributed by atoms with van der Waals surface area (Å²) in [6, 6.07) is 11.8. The number of halogens is 1. The molecule has 106 valence electrons. The number of primary amides is 1. The van der Waals surface area contributed by atoms with Crippen LogP contribution in [0.2, 0.25) is 0 Å². The number of nitrogens with two attached hydrogens (primary N) is 1. The summed E-state index contributed by atoms with van der Waals surface area (Å²) >= 11 is 5.15. The van der Waals surface area contributed by atoms with Crippen molar-refractivity contribution in [3.8, 4) is 5.75 Å². The Morgan fingerprint density at radius 2 is 2.25 bits per heavy atom. The Bertz CT molecular complexity index is 600. The Kier molecular flexibility index (Phi) is 5.03.